The predicted molar refractivity (Wildman–Crippen MR) is 95.5 cm³/mol. The van der Waals surface area contributed by atoms with Gasteiger partial charge in [-0.2, -0.15) is 0 Å². The molecule has 0 aliphatic rings. The minimum Gasteiger partial charge on any atom is -0.482 e. The van der Waals surface area contributed by atoms with Gasteiger partial charge in [0.1, 0.15) is 5.75 Å². The van der Waals surface area contributed by atoms with Crippen LogP contribution in [0.15, 0.2) is 54.6 Å². The van der Waals surface area contributed by atoms with Crippen molar-refractivity contribution in [2.75, 3.05) is 6.61 Å². The Bertz CT molecular complexity index is 700. The molecule has 132 valence electrons. The summed E-state index contributed by atoms with van der Waals surface area (Å²) in [6.07, 6.45) is 1.25. The fourth-order valence-corrected chi connectivity index (χ4v) is 2.48. The standard InChI is InChI=1S/C20H23NO4/c1-15(17-7-3-2-4-8-17)10-11-19(22)21-13-16-6-5-9-18(12-16)25-14-20(23)24/h2-9,12,15H,10-11,13-14H2,1H3,(H,21,22)(H,23,24). The van der Waals surface area contributed by atoms with Crippen LogP contribution in [-0.4, -0.2) is 23.6 Å². The molecule has 1 unspecified atom stereocenters. The third-order valence-electron chi connectivity index (χ3n) is 3.92. The van der Waals surface area contributed by atoms with Gasteiger partial charge in [-0.25, -0.2) is 4.79 Å². The maximum absolute atomic E-state index is 12.0. The number of carbonyl (C=O) groups excluding carboxylic acids is 1. The van der Waals surface area contributed by atoms with Gasteiger partial charge in [0.15, 0.2) is 6.61 Å². The second-order valence-electron chi connectivity index (χ2n) is 5.96. The third-order valence-corrected chi connectivity index (χ3v) is 3.92. The molecule has 1 atom stereocenters. The highest BCUT2D eigenvalue weighted by Gasteiger charge is 2.09. The lowest BCUT2D eigenvalue weighted by Crippen LogP contribution is -2.22. The Morgan fingerprint density at radius 2 is 1.88 bits per heavy atom. The van der Waals surface area contributed by atoms with Crippen molar-refractivity contribution in [3.05, 3.63) is 65.7 Å². The Morgan fingerprint density at radius 3 is 2.60 bits per heavy atom. The molecule has 0 spiro atoms. The lowest BCUT2D eigenvalue weighted by atomic mass is 9.96. The van der Waals surface area contributed by atoms with E-state index in [1.54, 1.807) is 18.2 Å². The molecule has 0 saturated heterocycles. The van der Waals surface area contributed by atoms with Crippen LogP contribution in [0.4, 0.5) is 0 Å². The molecule has 25 heavy (non-hydrogen) atoms. The summed E-state index contributed by atoms with van der Waals surface area (Å²) in [7, 11) is 0. The zero-order chi connectivity index (χ0) is 18.1. The molecule has 0 heterocycles. The van der Waals surface area contributed by atoms with E-state index in [9.17, 15) is 9.59 Å². The SMILES string of the molecule is CC(CCC(=O)NCc1cccc(OCC(=O)O)c1)c1ccccc1. The maximum Gasteiger partial charge on any atom is 0.341 e. The monoisotopic (exact) mass is 341 g/mol. The molecule has 0 aromatic heterocycles. The van der Waals surface area contributed by atoms with Gasteiger partial charge in [0, 0.05) is 13.0 Å². The number of carbonyl (C=O) groups is 2. The first-order valence-electron chi connectivity index (χ1n) is 8.30. The zero-order valence-corrected chi connectivity index (χ0v) is 14.3. The predicted octanol–water partition coefficient (Wildman–Crippen LogP) is 3.35. The highest BCUT2D eigenvalue weighted by atomic mass is 16.5. The van der Waals surface area contributed by atoms with Crippen molar-refractivity contribution >= 4 is 11.9 Å². The number of benzene rings is 2. The Kier molecular flexibility index (Phi) is 7.01. The molecule has 2 aromatic rings. The summed E-state index contributed by atoms with van der Waals surface area (Å²) >= 11 is 0. The first-order valence-corrected chi connectivity index (χ1v) is 8.30. The molecule has 5 nitrogen and oxygen atoms in total. The van der Waals surface area contributed by atoms with Gasteiger partial charge in [-0.15, -0.1) is 0 Å². The van der Waals surface area contributed by atoms with Crippen LogP contribution < -0.4 is 10.1 Å². The first-order chi connectivity index (χ1) is 12.0. The highest BCUT2D eigenvalue weighted by Crippen LogP contribution is 2.20. The largest absolute Gasteiger partial charge is 0.482 e. The van der Waals surface area contributed by atoms with E-state index >= 15 is 0 Å². The fraction of sp³-hybridized carbons (Fsp3) is 0.300. The van der Waals surface area contributed by atoms with Crippen molar-refractivity contribution in [3.63, 3.8) is 0 Å². The van der Waals surface area contributed by atoms with E-state index in [-0.39, 0.29) is 12.5 Å². The van der Waals surface area contributed by atoms with Gasteiger partial charge in [0.05, 0.1) is 0 Å². The fourth-order valence-electron chi connectivity index (χ4n) is 2.48. The topological polar surface area (TPSA) is 75.6 Å². The molecule has 0 fully saturated rings. The number of rotatable bonds is 9. The second-order valence-corrected chi connectivity index (χ2v) is 5.96. The Labute approximate surface area is 147 Å². The van der Waals surface area contributed by atoms with Crippen LogP contribution in [0.25, 0.3) is 0 Å². The van der Waals surface area contributed by atoms with E-state index in [2.05, 4.69) is 24.4 Å². The van der Waals surface area contributed by atoms with Crippen LogP contribution in [0.5, 0.6) is 5.75 Å². The molecular formula is C20H23NO4. The van der Waals surface area contributed by atoms with Gasteiger partial charge in [-0.3, -0.25) is 4.79 Å². The average molecular weight is 341 g/mol. The van der Waals surface area contributed by atoms with Crippen molar-refractivity contribution < 1.29 is 19.4 Å². The highest BCUT2D eigenvalue weighted by molar-refractivity contribution is 5.75. The summed E-state index contributed by atoms with van der Waals surface area (Å²) in [6, 6.07) is 17.2. The molecule has 0 saturated carbocycles. The molecule has 1 amide bonds. The van der Waals surface area contributed by atoms with E-state index in [0.29, 0.717) is 24.6 Å². The number of aliphatic carboxylic acids is 1. The van der Waals surface area contributed by atoms with Gasteiger partial charge >= 0.3 is 5.97 Å². The number of amides is 1. The second kappa shape index (κ2) is 9.47. The number of carboxylic acids is 1. The van der Waals surface area contributed by atoms with E-state index in [1.807, 2.05) is 24.3 Å². The maximum atomic E-state index is 12.0. The molecule has 2 rings (SSSR count). The number of hydrogen-bond donors (Lipinski definition) is 2. The quantitative estimate of drug-likeness (QED) is 0.733. The van der Waals surface area contributed by atoms with Crippen molar-refractivity contribution in [1.82, 2.24) is 5.32 Å². The minimum atomic E-state index is -1.02. The van der Waals surface area contributed by atoms with E-state index in [0.717, 1.165) is 12.0 Å². The van der Waals surface area contributed by atoms with E-state index in [1.165, 1.54) is 5.56 Å². The van der Waals surface area contributed by atoms with Gasteiger partial charge in [0.25, 0.3) is 0 Å². The molecular weight excluding hydrogens is 318 g/mol. The zero-order valence-electron chi connectivity index (χ0n) is 14.3. The molecule has 5 heteroatoms. The van der Waals surface area contributed by atoms with E-state index in [4.69, 9.17) is 9.84 Å². The van der Waals surface area contributed by atoms with Crippen molar-refractivity contribution in [1.29, 1.82) is 0 Å². The van der Waals surface area contributed by atoms with Crippen LogP contribution in [0.3, 0.4) is 0 Å². The van der Waals surface area contributed by atoms with Crippen LogP contribution in [0, 0.1) is 0 Å². The van der Waals surface area contributed by atoms with Gasteiger partial charge in [-0.05, 0) is 35.6 Å². The van der Waals surface area contributed by atoms with Crippen LogP contribution in [0.1, 0.15) is 36.8 Å². The van der Waals surface area contributed by atoms with Gasteiger partial charge in [0.2, 0.25) is 5.91 Å². The molecule has 0 radical (unpaired) electrons. The lowest BCUT2D eigenvalue weighted by Gasteiger charge is -2.12. The summed E-state index contributed by atoms with van der Waals surface area (Å²) in [5, 5.41) is 11.5. The number of ether oxygens (including phenoxy) is 1. The van der Waals surface area contributed by atoms with Crippen molar-refractivity contribution in [2.45, 2.75) is 32.2 Å². The Balaban J connectivity index is 1.76. The Morgan fingerprint density at radius 1 is 1.12 bits per heavy atom. The summed E-state index contributed by atoms with van der Waals surface area (Å²) < 4.78 is 5.13. The molecule has 0 bridgehead atoms. The smallest absolute Gasteiger partial charge is 0.341 e. The van der Waals surface area contributed by atoms with Gasteiger partial charge < -0.3 is 15.2 Å². The van der Waals surface area contributed by atoms with E-state index < -0.39 is 5.97 Å². The summed E-state index contributed by atoms with van der Waals surface area (Å²) in [4.78, 5) is 22.6. The summed E-state index contributed by atoms with van der Waals surface area (Å²) in [6.45, 7) is 2.13. The van der Waals surface area contributed by atoms with Crippen molar-refractivity contribution in [2.24, 2.45) is 0 Å². The first kappa shape index (κ1) is 18.5. The third kappa shape index (κ3) is 6.67. The number of carboxylic acid groups (broad SMARTS) is 1. The minimum absolute atomic E-state index is 0.000335. The summed E-state index contributed by atoms with van der Waals surface area (Å²) in [5.74, 6) is -0.211. The molecule has 2 aromatic carbocycles. The van der Waals surface area contributed by atoms with Crippen LogP contribution >= 0.6 is 0 Å². The lowest BCUT2D eigenvalue weighted by molar-refractivity contribution is -0.139. The van der Waals surface area contributed by atoms with Crippen LogP contribution in [0.2, 0.25) is 0 Å². The van der Waals surface area contributed by atoms with Gasteiger partial charge in [-0.1, -0.05) is 49.4 Å². The number of nitrogens with one attached hydrogen (secondary N) is 1. The average Bonchev–Trinajstić information content (AvgIpc) is 2.63. The van der Waals surface area contributed by atoms with Crippen molar-refractivity contribution in [3.8, 4) is 5.75 Å². The summed E-state index contributed by atoms with van der Waals surface area (Å²) in [5.41, 5.74) is 2.10. The van der Waals surface area contributed by atoms with Crippen LogP contribution in [-0.2, 0) is 16.1 Å². The Hall–Kier alpha value is -2.82. The normalized spacial score (nSPS) is 11.6. The molecule has 2 N–H and O–H groups in total. The molecule has 0 aliphatic heterocycles. The molecule has 0 aliphatic carbocycles. The number of hydrogen-bond acceptors (Lipinski definition) is 3.